The Balaban J connectivity index is 3.06. The van der Waals surface area contributed by atoms with Crippen molar-refractivity contribution in [3.8, 4) is 0 Å². The Morgan fingerprint density at radius 1 is 0.400 bits per heavy atom. The average Bonchev–Trinajstić information content (AvgIpc) is 2.85. The van der Waals surface area contributed by atoms with Gasteiger partial charge < -0.3 is 0 Å². The van der Waals surface area contributed by atoms with E-state index in [1.165, 1.54) is 29.5 Å². The fourth-order valence-electron chi connectivity index (χ4n) is 0.354. The molecule has 0 rings (SSSR count). The molecule has 0 aromatic carbocycles. The van der Waals surface area contributed by atoms with Crippen LogP contribution in [0.25, 0.3) is 0 Å². The van der Waals surface area contributed by atoms with Gasteiger partial charge in [-0.1, -0.05) is 11.7 Å². The highest BCUT2D eigenvalue weighted by atomic mass is 34.1. The van der Waals surface area contributed by atoms with E-state index in [0.717, 1.165) is 0 Å². The van der Waals surface area contributed by atoms with Crippen molar-refractivity contribution < 1.29 is 9.59 Å². The lowest BCUT2D eigenvalue weighted by Crippen LogP contribution is -1.88. The predicted molar refractivity (Wildman–Crippen MR) is 255 cm³/mol. The minimum absolute atomic E-state index is 1.21. The Morgan fingerprint density at radius 3 is 0.800 bits per heavy atom. The summed E-state index contributed by atoms with van der Waals surface area (Å²) in [5, 5.41) is 8.54. The Hall–Kier alpha value is 11.2. The summed E-state index contributed by atoms with van der Waals surface area (Å²) in [7, 11) is 49.9. The molecule has 0 aliphatic carbocycles. The third-order valence-electron chi connectivity index (χ3n) is 0.955. The van der Waals surface area contributed by atoms with E-state index < -0.39 is 6.46 Å². The van der Waals surface area contributed by atoms with Crippen LogP contribution in [0.2, 0.25) is 0 Å². The van der Waals surface area contributed by atoms with Crippen molar-refractivity contribution in [1.29, 1.82) is 0 Å². The molecular formula is H2O2S33. The summed E-state index contributed by atoms with van der Waals surface area (Å²) >= 11 is 13.9. The van der Waals surface area contributed by atoms with Crippen molar-refractivity contribution in [2.24, 2.45) is 0 Å². The van der Waals surface area contributed by atoms with Crippen molar-refractivity contribution >= 4 is 325 Å². The second-order valence-corrected chi connectivity index (χ2v) is 61.0. The molecule has 0 heterocycles. The van der Waals surface area contributed by atoms with Crippen LogP contribution in [0.5, 0.6) is 0 Å². The number of hydrogen-bond donors (Lipinski definition) is 2. The standard InChI is InChI=1S/H2O2S33/c1-2-35(4,5)34-33-32-31-30-29-28-27-26-25-24-23-22-21-20-19-18-17-16-15-14-13-12-11-10-9-8-7-6-3/h1,3H. The third-order valence-corrected chi connectivity index (χ3v) is 69.3. The first kappa shape index (κ1) is 46.2. The summed E-state index contributed by atoms with van der Waals surface area (Å²) in [6.07, 6.45) is 0. The van der Waals surface area contributed by atoms with E-state index >= 15 is 0 Å². The normalized spacial score (nSPS) is 11.9. The van der Waals surface area contributed by atoms with Gasteiger partial charge in [-0.2, -0.15) is 0 Å². The van der Waals surface area contributed by atoms with Gasteiger partial charge in [0, 0.05) is 206 Å². The highest BCUT2D eigenvalue weighted by Gasteiger charge is 2.05. The van der Waals surface area contributed by atoms with Crippen LogP contribution >= 0.6 is 297 Å². The second kappa shape index (κ2) is 39.6. The molecule has 1 N–H and O–H groups in total. The SMILES string of the molecule is OOS(=S)(=S)SSSSSSSSSSSSSSSSSSSSSSSSSSSSSS. The van der Waals surface area contributed by atoms with E-state index in [0.29, 0.717) is 0 Å². The molecule has 0 atom stereocenters. The molecule has 0 aromatic heterocycles. The van der Waals surface area contributed by atoms with Gasteiger partial charge in [0.2, 0.25) is 0 Å². The van der Waals surface area contributed by atoms with Crippen LogP contribution < -0.4 is 0 Å². The van der Waals surface area contributed by atoms with Gasteiger partial charge in [0.05, 0.1) is 0 Å². The van der Waals surface area contributed by atoms with Gasteiger partial charge in [0.1, 0.15) is 6.46 Å². The van der Waals surface area contributed by atoms with E-state index in [-0.39, 0.29) is 0 Å². The molecule has 0 amide bonds. The van der Waals surface area contributed by atoms with Gasteiger partial charge in [0.15, 0.2) is 0 Å². The minimum atomic E-state index is -2.23. The van der Waals surface area contributed by atoms with Gasteiger partial charge in [-0.15, -0.1) is 4.33 Å². The van der Waals surface area contributed by atoms with E-state index in [2.05, 4.69) is 16.0 Å². The molecule has 0 saturated heterocycles. The van der Waals surface area contributed by atoms with Gasteiger partial charge in [0.25, 0.3) is 0 Å². The summed E-state index contributed by atoms with van der Waals surface area (Å²) in [6, 6.07) is 0. The maximum Gasteiger partial charge on any atom is 0.115 e. The maximum absolute atomic E-state index is 8.54. The summed E-state index contributed by atoms with van der Waals surface area (Å²) < 4.78 is 4.09. The number of rotatable bonds is 30. The zero-order chi connectivity index (χ0) is 25.7. The van der Waals surface area contributed by atoms with Crippen LogP contribution in [0.15, 0.2) is 0 Å². The quantitative estimate of drug-likeness (QED) is 0.0235. The number of hydrogen-bond acceptors (Lipinski definition) is 34. The second-order valence-electron chi connectivity index (χ2n) is 2.46. The van der Waals surface area contributed by atoms with E-state index in [4.69, 9.17) is 27.6 Å². The van der Waals surface area contributed by atoms with Crippen LogP contribution in [-0.2, 0) is 33.2 Å². The van der Waals surface area contributed by atoms with Gasteiger partial charge in [-0.3, -0.25) is 0 Å². The van der Waals surface area contributed by atoms with Gasteiger partial charge in [-0.25, -0.2) is 5.26 Å². The molecule has 0 spiro atoms. The molecule has 0 aromatic rings. The van der Waals surface area contributed by atoms with Gasteiger partial charge >= 0.3 is 0 Å². The van der Waals surface area contributed by atoms with Crippen LogP contribution in [0.3, 0.4) is 0 Å². The Bertz CT molecular complexity index is 479. The van der Waals surface area contributed by atoms with Crippen LogP contribution in [-0.4, -0.2) is 5.26 Å². The lowest BCUT2D eigenvalue weighted by Gasteiger charge is -2.01. The van der Waals surface area contributed by atoms with Crippen LogP contribution in [0.1, 0.15) is 0 Å². The van der Waals surface area contributed by atoms with E-state index in [9.17, 15) is 0 Å². The topological polar surface area (TPSA) is 29.5 Å². The molecule has 0 aliphatic heterocycles. The molecule has 35 heavy (non-hydrogen) atoms. The molecule has 0 saturated carbocycles. The van der Waals surface area contributed by atoms with E-state index in [1.807, 2.05) is 0 Å². The lowest BCUT2D eigenvalue weighted by atomic mass is 15.0. The van der Waals surface area contributed by atoms with Crippen LogP contribution in [0, 0.1) is 0 Å². The van der Waals surface area contributed by atoms with Crippen molar-refractivity contribution in [2.45, 2.75) is 0 Å². The third kappa shape index (κ3) is 41.3. The molecule has 0 fully saturated rings. The summed E-state index contributed by atoms with van der Waals surface area (Å²) in [6.45, 7) is -2.23. The molecule has 212 valence electrons. The monoisotopic (exact) mass is 1090 g/mol. The van der Waals surface area contributed by atoms with Crippen LogP contribution in [0.4, 0.5) is 0 Å². The summed E-state index contributed by atoms with van der Waals surface area (Å²) in [4.78, 5) is 0. The number of thiol groups is 1. The smallest absolute Gasteiger partial charge is 0.115 e. The molecule has 0 unspecified atom stereocenters. The first-order valence-electron chi connectivity index (χ1n) is 5.70. The Morgan fingerprint density at radius 2 is 0.600 bits per heavy atom. The van der Waals surface area contributed by atoms with Crippen molar-refractivity contribution in [3.05, 3.63) is 0 Å². The highest BCUT2D eigenvalue weighted by molar-refractivity contribution is 9.61. The van der Waals surface area contributed by atoms with E-state index in [1.54, 1.807) is 255 Å². The Labute approximate surface area is 326 Å². The van der Waals surface area contributed by atoms with Crippen molar-refractivity contribution in [3.63, 3.8) is 0 Å². The molecule has 0 aliphatic rings. The zero-order valence-electron chi connectivity index (χ0n) is 14.4. The fourth-order valence-corrected chi connectivity index (χ4v) is 81.4. The minimum Gasteiger partial charge on any atom is -0.238 e. The maximum atomic E-state index is 8.54. The predicted octanol–water partition coefficient (Wildman–Crippen LogP) is 19.1. The lowest BCUT2D eigenvalue weighted by molar-refractivity contribution is -0.117. The largest absolute Gasteiger partial charge is 0.238 e. The molecule has 0 bridgehead atoms. The Kier molecular flexibility index (Phi) is 52.3. The zero-order valence-corrected chi connectivity index (χ0v) is 41.4. The molecular weight excluding hydrogens is 1090 g/mol. The molecule has 2 nitrogen and oxygen atoms in total. The average molecular weight is 1090 g/mol. The fraction of sp³-hybridized carbons (Fsp3) is 0. The highest BCUT2D eigenvalue weighted by Crippen LogP contribution is 2.66. The first-order chi connectivity index (χ1) is 17.1. The summed E-state index contributed by atoms with van der Waals surface area (Å²) in [5.41, 5.74) is 0. The molecule has 35 heteroatoms. The van der Waals surface area contributed by atoms with Crippen molar-refractivity contribution in [1.82, 2.24) is 0 Å². The summed E-state index contributed by atoms with van der Waals surface area (Å²) in [5.74, 6) is 0. The first-order valence-corrected chi connectivity index (χ1v) is 48.8. The van der Waals surface area contributed by atoms with Gasteiger partial charge in [-0.05, 0) is 101 Å². The molecule has 0 radical (unpaired) electrons. The van der Waals surface area contributed by atoms with Crippen molar-refractivity contribution in [2.75, 3.05) is 0 Å².